The molecule has 46 heavy (non-hydrogen) atoms. The number of nitrogens with one attached hydrogen (secondary N) is 1. The molecule has 0 fully saturated rings. The zero-order valence-corrected chi connectivity index (χ0v) is 28.2. The molecular formula is C42H33IN2O. The van der Waals surface area contributed by atoms with E-state index in [0.29, 0.717) is 0 Å². The van der Waals surface area contributed by atoms with Crippen LogP contribution in [0.2, 0.25) is 0 Å². The van der Waals surface area contributed by atoms with Gasteiger partial charge in [0.15, 0.2) is 0 Å². The number of anilines is 3. The third kappa shape index (κ3) is 3.86. The first-order valence-corrected chi connectivity index (χ1v) is 17.0. The number of para-hydroxylation sites is 2. The highest BCUT2D eigenvalue weighted by Gasteiger charge is 2.41. The Kier molecular flexibility index (Phi) is 6.09. The second kappa shape index (κ2) is 10.1. The Labute approximate surface area is 283 Å². The number of halogens is 1. The van der Waals surface area contributed by atoms with Crippen molar-refractivity contribution in [3.05, 3.63) is 150 Å². The number of furan rings is 1. The van der Waals surface area contributed by atoms with Crippen molar-refractivity contribution >= 4 is 61.9 Å². The quantitative estimate of drug-likeness (QED) is 0.146. The van der Waals surface area contributed by atoms with Crippen LogP contribution in [0, 0.1) is 0 Å². The summed E-state index contributed by atoms with van der Waals surface area (Å²) in [4.78, 5) is 2.48. The molecule has 4 heteroatoms. The maximum absolute atomic E-state index is 6.15. The van der Waals surface area contributed by atoms with Crippen molar-refractivity contribution in [2.24, 2.45) is 0 Å². The fourth-order valence-electron chi connectivity index (χ4n) is 8.10. The zero-order chi connectivity index (χ0) is 31.2. The lowest BCUT2D eigenvalue weighted by Crippen LogP contribution is -2.39. The summed E-state index contributed by atoms with van der Waals surface area (Å²) in [6, 6.07) is 46.8. The lowest BCUT2D eigenvalue weighted by Gasteiger charge is -2.44. The van der Waals surface area contributed by atoms with E-state index in [0.717, 1.165) is 28.5 Å². The van der Waals surface area contributed by atoms with Crippen molar-refractivity contribution < 1.29 is 4.42 Å². The van der Waals surface area contributed by atoms with E-state index >= 15 is 0 Å². The maximum atomic E-state index is 6.15. The van der Waals surface area contributed by atoms with E-state index in [9.17, 15) is 0 Å². The predicted octanol–water partition coefficient (Wildman–Crippen LogP) is 11.6. The second-order valence-electron chi connectivity index (χ2n) is 13.4. The fourth-order valence-corrected chi connectivity index (χ4v) is 8.86. The standard InChI is InChI=1S/C42H33IN2O/c1-41(2)33-12-6-4-10-29(33)30-19-18-28(24-35(30)41)45-37-14-8-7-13-34(37)42(3,25-44-43)36-23-27(16-20-38(36)45)26-17-21-40-32(22-26)31-11-5-9-15-39(31)46-40/h4-24,44H,25H2,1-3H3. The molecule has 0 amide bonds. The van der Waals surface area contributed by atoms with Crippen LogP contribution in [0.3, 0.4) is 0 Å². The van der Waals surface area contributed by atoms with Crippen LogP contribution in [0.4, 0.5) is 17.1 Å². The molecule has 6 aromatic carbocycles. The lowest BCUT2D eigenvalue weighted by molar-refractivity contribution is 0.566. The summed E-state index contributed by atoms with van der Waals surface area (Å²) in [6.07, 6.45) is 0. The molecule has 1 atom stereocenters. The van der Waals surface area contributed by atoms with Gasteiger partial charge < -0.3 is 9.32 Å². The molecule has 224 valence electrons. The van der Waals surface area contributed by atoms with E-state index in [1.54, 1.807) is 0 Å². The van der Waals surface area contributed by atoms with Gasteiger partial charge in [0.05, 0.1) is 11.4 Å². The SMILES string of the molecule is CC1(C)c2ccccc2-c2ccc(N3c4ccccc4C(C)(CNI)c4cc(-c5ccc6oc7ccccc7c6c5)ccc43)cc21. The molecule has 0 saturated heterocycles. The van der Waals surface area contributed by atoms with Crippen LogP contribution in [0.5, 0.6) is 0 Å². The fraction of sp³-hybridized carbons (Fsp3) is 0.143. The number of benzene rings is 6. The van der Waals surface area contributed by atoms with Crippen LogP contribution >= 0.6 is 22.9 Å². The second-order valence-corrected chi connectivity index (χ2v) is 14.2. The summed E-state index contributed by atoms with van der Waals surface area (Å²) < 4.78 is 9.66. The Hall–Kier alpha value is -4.39. The number of nitrogens with zero attached hydrogens (tertiary/aromatic N) is 1. The minimum absolute atomic E-state index is 0.0700. The van der Waals surface area contributed by atoms with Gasteiger partial charge in [-0.3, -0.25) is 3.53 Å². The van der Waals surface area contributed by atoms with Crippen molar-refractivity contribution in [1.82, 2.24) is 3.53 Å². The molecule has 1 aliphatic heterocycles. The van der Waals surface area contributed by atoms with Gasteiger partial charge in [0.25, 0.3) is 0 Å². The Balaban J connectivity index is 1.25. The molecule has 1 aromatic heterocycles. The zero-order valence-electron chi connectivity index (χ0n) is 26.1. The van der Waals surface area contributed by atoms with Gasteiger partial charge in [0.2, 0.25) is 0 Å². The van der Waals surface area contributed by atoms with Gasteiger partial charge in [-0.1, -0.05) is 92.7 Å². The number of hydrogen-bond acceptors (Lipinski definition) is 3. The van der Waals surface area contributed by atoms with Gasteiger partial charge >= 0.3 is 0 Å². The predicted molar refractivity (Wildman–Crippen MR) is 200 cm³/mol. The molecule has 2 heterocycles. The van der Waals surface area contributed by atoms with E-state index in [2.05, 4.69) is 167 Å². The van der Waals surface area contributed by atoms with Crippen LogP contribution in [0.15, 0.2) is 132 Å². The van der Waals surface area contributed by atoms with Crippen LogP contribution in [-0.4, -0.2) is 6.54 Å². The average molecular weight is 709 g/mol. The van der Waals surface area contributed by atoms with Crippen molar-refractivity contribution in [2.45, 2.75) is 31.6 Å². The number of fused-ring (bicyclic) bond motifs is 8. The first kappa shape index (κ1) is 27.9. The van der Waals surface area contributed by atoms with E-state index in [1.165, 1.54) is 61.6 Å². The highest BCUT2D eigenvalue weighted by Crippen LogP contribution is 2.55. The highest BCUT2D eigenvalue weighted by atomic mass is 127. The Bertz CT molecular complexity index is 2350. The molecular weight excluding hydrogens is 675 g/mol. The van der Waals surface area contributed by atoms with Gasteiger partial charge in [-0.25, -0.2) is 0 Å². The summed E-state index contributed by atoms with van der Waals surface area (Å²) >= 11 is 2.30. The number of rotatable bonds is 4. The van der Waals surface area contributed by atoms with Crippen LogP contribution < -0.4 is 8.43 Å². The highest BCUT2D eigenvalue weighted by molar-refractivity contribution is 14.1. The summed E-state index contributed by atoms with van der Waals surface area (Å²) in [5.74, 6) is 0. The Morgan fingerprint density at radius 1 is 0.587 bits per heavy atom. The molecule has 1 aliphatic carbocycles. The first-order chi connectivity index (χ1) is 22.4. The van der Waals surface area contributed by atoms with Crippen molar-refractivity contribution in [1.29, 1.82) is 0 Å². The van der Waals surface area contributed by atoms with Crippen molar-refractivity contribution in [2.75, 3.05) is 11.4 Å². The van der Waals surface area contributed by atoms with Gasteiger partial charge in [0.1, 0.15) is 11.2 Å². The maximum Gasteiger partial charge on any atom is 0.135 e. The monoisotopic (exact) mass is 708 g/mol. The summed E-state index contributed by atoms with van der Waals surface area (Å²) in [6.45, 7) is 7.91. The third-order valence-electron chi connectivity index (χ3n) is 10.5. The molecule has 7 aromatic rings. The summed E-state index contributed by atoms with van der Waals surface area (Å²) in [5, 5.41) is 2.30. The average Bonchev–Trinajstić information content (AvgIpc) is 3.57. The minimum Gasteiger partial charge on any atom is -0.456 e. The summed E-state index contributed by atoms with van der Waals surface area (Å²) in [5.41, 5.74) is 15.7. The first-order valence-electron chi connectivity index (χ1n) is 15.9. The topological polar surface area (TPSA) is 28.4 Å². The van der Waals surface area contributed by atoms with Gasteiger partial charge in [0, 0.05) is 56.7 Å². The third-order valence-corrected chi connectivity index (χ3v) is 10.9. The lowest BCUT2D eigenvalue weighted by atomic mass is 9.71. The largest absolute Gasteiger partial charge is 0.456 e. The van der Waals surface area contributed by atoms with E-state index in [1.807, 2.05) is 12.1 Å². The van der Waals surface area contributed by atoms with Crippen molar-refractivity contribution in [3.8, 4) is 22.3 Å². The molecule has 3 nitrogen and oxygen atoms in total. The normalized spacial score (nSPS) is 17.5. The van der Waals surface area contributed by atoms with Gasteiger partial charge in [-0.15, -0.1) is 0 Å². The molecule has 1 N–H and O–H groups in total. The van der Waals surface area contributed by atoms with E-state index < -0.39 is 0 Å². The molecule has 1 unspecified atom stereocenters. The van der Waals surface area contributed by atoms with Crippen LogP contribution in [-0.2, 0) is 10.8 Å². The Morgan fingerprint density at radius 3 is 2.13 bits per heavy atom. The van der Waals surface area contributed by atoms with Crippen LogP contribution in [0.1, 0.15) is 43.0 Å². The molecule has 0 saturated carbocycles. The molecule has 2 aliphatic rings. The van der Waals surface area contributed by atoms with Crippen molar-refractivity contribution in [3.63, 3.8) is 0 Å². The molecule has 0 bridgehead atoms. The molecule has 0 radical (unpaired) electrons. The minimum atomic E-state index is -0.238. The summed E-state index contributed by atoms with van der Waals surface area (Å²) in [7, 11) is 0. The van der Waals surface area contributed by atoms with Crippen LogP contribution in [0.25, 0.3) is 44.2 Å². The smallest absolute Gasteiger partial charge is 0.135 e. The van der Waals surface area contributed by atoms with E-state index in [4.69, 9.17) is 4.42 Å². The molecule has 9 rings (SSSR count). The van der Waals surface area contributed by atoms with E-state index in [-0.39, 0.29) is 10.8 Å². The van der Waals surface area contributed by atoms with Gasteiger partial charge in [-0.2, -0.15) is 0 Å². The van der Waals surface area contributed by atoms with Gasteiger partial charge in [-0.05, 0) is 100.0 Å². The number of hydrogen-bond donors (Lipinski definition) is 1. The Morgan fingerprint density at radius 2 is 1.26 bits per heavy atom. The molecule has 0 spiro atoms.